The van der Waals surface area contributed by atoms with E-state index in [2.05, 4.69) is 25.5 Å². The van der Waals surface area contributed by atoms with Gasteiger partial charge < -0.3 is 10.1 Å². The third-order valence-corrected chi connectivity index (χ3v) is 5.19. The summed E-state index contributed by atoms with van der Waals surface area (Å²) in [6.45, 7) is 0.617. The summed E-state index contributed by atoms with van der Waals surface area (Å²) in [4.78, 5) is 22.3. The summed E-state index contributed by atoms with van der Waals surface area (Å²) in [5.74, 6) is 1.30. The van der Waals surface area contributed by atoms with E-state index in [4.69, 9.17) is 4.74 Å². The monoisotopic (exact) mass is 412 g/mol. The summed E-state index contributed by atoms with van der Waals surface area (Å²) < 4.78 is 7.01. The molecule has 3 aromatic heterocycles. The second-order valence-electron chi connectivity index (χ2n) is 7.04. The topological polar surface area (TPSA) is 97.7 Å². The minimum atomic E-state index is -0.180. The molecule has 0 spiro atoms. The zero-order valence-corrected chi connectivity index (χ0v) is 16.9. The maximum Gasteiger partial charge on any atom is 0.267 e. The van der Waals surface area contributed by atoms with Crippen LogP contribution in [0.4, 0.5) is 5.95 Å². The zero-order chi connectivity index (χ0) is 21.2. The van der Waals surface area contributed by atoms with Gasteiger partial charge in [0, 0.05) is 18.9 Å². The molecule has 2 N–H and O–H groups in total. The molecule has 0 aliphatic rings. The Hall–Kier alpha value is -4.20. The molecule has 0 bridgehead atoms. The summed E-state index contributed by atoms with van der Waals surface area (Å²) >= 11 is 0. The van der Waals surface area contributed by atoms with Crippen molar-refractivity contribution < 1.29 is 4.74 Å². The predicted octanol–water partition coefficient (Wildman–Crippen LogP) is 3.32. The van der Waals surface area contributed by atoms with E-state index in [0.717, 1.165) is 23.4 Å². The van der Waals surface area contributed by atoms with Crippen molar-refractivity contribution in [3.05, 3.63) is 82.9 Å². The number of ether oxygens (including phenoxy) is 1. The van der Waals surface area contributed by atoms with Crippen LogP contribution in [0.1, 0.15) is 5.56 Å². The molecule has 0 saturated carbocycles. The molecule has 8 heteroatoms. The average molecular weight is 412 g/mol. The fraction of sp³-hybridized carbons (Fsp3) is 0.130. The molecule has 3 heterocycles. The molecule has 0 radical (unpaired) electrons. The maximum absolute atomic E-state index is 13.2. The lowest BCUT2D eigenvalue weighted by atomic mass is 10.1. The van der Waals surface area contributed by atoms with E-state index in [-0.39, 0.29) is 5.56 Å². The quantitative estimate of drug-likeness (QED) is 0.444. The third-order valence-electron chi connectivity index (χ3n) is 5.19. The lowest BCUT2D eigenvalue weighted by molar-refractivity contribution is 0.410. The maximum atomic E-state index is 13.2. The van der Waals surface area contributed by atoms with Crippen LogP contribution in [0.2, 0.25) is 0 Å². The number of anilines is 1. The molecule has 0 saturated heterocycles. The first-order valence-electron chi connectivity index (χ1n) is 9.92. The summed E-state index contributed by atoms with van der Waals surface area (Å²) in [7, 11) is 1.66. The number of fused-ring (bicyclic) bond motifs is 3. The molecule has 0 unspecified atom stereocenters. The second-order valence-corrected chi connectivity index (χ2v) is 7.04. The van der Waals surface area contributed by atoms with Crippen molar-refractivity contribution in [3.8, 4) is 11.4 Å². The summed E-state index contributed by atoms with van der Waals surface area (Å²) in [6, 6.07) is 17.3. The Balaban J connectivity index is 1.54. The van der Waals surface area contributed by atoms with Crippen LogP contribution in [0.5, 0.6) is 5.75 Å². The Kier molecular flexibility index (Phi) is 4.80. The number of aromatic nitrogens is 5. The number of rotatable bonds is 6. The fourth-order valence-corrected chi connectivity index (χ4v) is 3.71. The van der Waals surface area contributed by atoms with Gasteiger partial charge in [0.15, 0.2) is 5.65 Å². The summed E-state index contributed by atoms with van der Waals surface area (Å²) in [5, 5.41) is 11.5. The number of nitrogens with zero attached hydrogens (tertiary/aromatic N) is 4. The van der Waals surface area contributed by atoms with Gasteiger partial charge in [-0.1, -0.05) is 36.4 Å². The molecule has 0 fully saturated rings. The molecule has 0 aliphatic carbocycles. The van der Waals surface area contributed by atoms with Crippen molar-refractivity contribution in [2.75, 3.05) is 19.0 Å². The van der Waals surface area contributed by atoms with Crippen molar-refractivity contribution in [3.63, 3.8) is 0 Å². The largest absolute Gasteiger partial charge is 0.496 e. The number of hydrogen-bond acceptors (Lipinski definition) is 6. The smallest absolute Gasteiger partial charge is 0.267 e. The molecule has 0 amide bonds. The van der Waals surface area contributed by atoms with Gasteiger partial charge in [0.2, 0.25) is 5.95 Å². The molecule has 5 rings (SSSR count). The number of para-hydroxylation sites is 2. The highest BCUT2D eigenvalue weighted by molar-refractivity contribution is 6.02. The second kappa shape index (κ2) is 7.91. The van der Waals surface area contributed by atoms with Gasteiger partial charge in [-0.15, -0.1) is 0 Å². The van der Waals surface area contributed by atoms with Crippen LogP contribution in [0.25, 0.3) is 27.6 Å². The molecule has 0 atom stereocenters. The van der Waals surface area contributed by atoms with Gasteiger partial charge in [0.05, 0.1) is 23.6 Å². The lowest BCUT2D eigenvalue weighted by Gasteiger charge is -2.12. The van der Waals surface area contributed by atoms with Gasteiger partial charge in [-0.05, 0) is 30.2 Å². The predicted molar refractivity (Wildman–Crippen MR) is 120 cm³/mol. The van der Waals surface area contributed by atoms with Crippen LogP contribution >= 0.6 is 0 Å². The Morgan fingerprint density at radius 3 is 2.71 bits per heavy atom. The van der Waals surface area contributed by atoms with Crippen LogP contribution in [0.15, 0.2) is 71.8 Å². The number of methoxy groups -OCH3 is 1. The Morgan fingerprint density at radius 1 is 1.06 bits per heavy atom. The number of H-pyrrole nitrogens is 1. The van der Waals surface area contributed by atoms with E-state index in [0.29, 0.717) is 34.4 Å². The van der Waals surface area contributed by atoms with Crippen molar-refractivity contribution in [1.82, 2.24) is 24.7 Å². The van der Waals surface area contributed by atoms with E-state index in [9.17, 15) is 4.79 Å². The number of benzene rings is 2. The Bertz CT molecular complexity index is 1430. The SMILES string of the molecule is COc1ccccc1CCNc1ncc2c3n[nH]cc3c(=O)n(-c3ccccc3)c2n1. The Labute approximate surface area is 177 Å². The minimum absolute atomic E-state index is 0.180. The lowest BCUT2D eigenvalue weighted by Crippen LogP contribution is -2.20. The van der Waals surface area contributed by atoms with Gasteiger partial charge in [-0.2, -0.15) is 10.1 Å². The number of aromatic amines is 1. The standard InChI is InChI=1S/C23H20N6O2/c1-31-19-10-6-5-7-15(19)11-12-24-23-25-13-17-20-18(14-26-28-20)22(30)29(21(17)27-23)16-8-3-2-4-9-16/h2-10,13-14H,11-12H2,1H3,(H,26,28)(H,24,25,27). The summed E-state index contributed by atoms with van der Waals surface area (Å²) in [6.07, 6.45) is 4.06. The first kappa shape index (κ1) is 18.8. The first-order chi connectivity index (χ1) is 15.3. The highest BCUT2D eigenvalue weighted by Crippen LogP contribution is 2.23. The molecular formula is C23H20N6O2. The molecule has 5 aromatic rings. The van der Waals surface area contributed by atoms with Gasteiger partial charge in [-0.3, -0.25) is 14.5 Å². The highest BCUT2D eigenvalue weighted by Gasteiger charge is 2.16. The van der Waals surface area contributed by atoms with Crippen molar-refractivity contribution in [2.24, 2.45) is 0 Å². The molecule has 8 nitrogen and oxygen atoms in total. The van der Waals surface area contributed by atoms with Crippen molar-refractivity contribution in [1.29, 1.82) is 0 Å². The van der Waals surface area contributed by atoms with Crippen LogP contribution in [0, 0.1) is 0 Å². The van der Waals surface area contributed by atoms with Gasteiger partial charge in [0.1, 0.15) is 11.3 Å². The van der Waals surface area contributed by atoms with Crippen LogP contribution in [-0.4, -0.2) is 38.4 Å². The van der Waals surface area contributed by atoms with Gasteiger partial charge in [0.25, 0.3) is 5.56 Å². The van der Waals surface area contributed by atoms with Crippen molar-refractivity contribution >= 4 is 27.9 Å². The number of pyridine rings is 1. The molecule has 154 valence electrons. The Morgan fingerprint density at radius 2 is 1.87 bits per heavy atom. The average Bonchev–Trinajstić information content (AvgIpc) is 3.31. The summed E-state index contributed by atoms with van der Waals surface area (Å²) in [5.41, 5.74) is 2.72. The van der Waals surface area contributed by atoms with E-state index >= 15 is 0 Å². The zero-order valence-electron chi connectivity index (χ0n) is 16.9. The van der Waals surface area contributed by atoms with Crippen LogP contribution in [0.3, 0.4) is 0 Å². The van der Waals surface area contributed by atoms with E-state index in [1.165, 1.54) is 0 Å². The highest BCUT2D eigenvalue weighted by atomic mass is 16.5. The first-order valence-corrected chi connectivity index (χ1v) is 9.92. The number of nitrogens with one attached hydrogen (secondary N) is 2. The number of hydrogen-bond donors (Lipinski definition) is 2. The van der Waals surface area contributed by atoms with E-state index in [1.807, 2.05) is 54.6 Å². The van der Waals surface area contributed by atoms with E-state index in [1.54, 1.807) is 24.1 Å². The van der Waals surface area contributed by atoms with Crippen molar-refractivity contribution in [2.45, 2.75) is 6.42 Å². The fourth-order valence-electron chi connectivity index (χ4n) is 3.71. The van der Waals surface area contributed by atoms with Gasteiger partial charge >= 0.3 is 0 Å². The molecule has 2 aromatic carbocycles. The van der Waals surface area contributed by atoms with Gasteiger partial charge in [-0.25, -0.2) is 4.98 Å². The van der Waals surface area contributed by atoms with Crippen LogP contribution in [-0.2, 0) is 6.42 Å². The minimum Gasteiger partial charge on any atom is -0.496 e. The molecule has 31 heavy (non-hydrogen) atoms. The molecular weight excluding hydrogens is 392 g/mol. The van der Waals surface area contributed by atoms with Crippen LogP contribution < -0.4 is 15.6 Å². The van der Waals surface area contributed by atoms with E-state index < -0.39 is 0 Å². The normalized spacial score (nSPS) is 11.1. The molecule has 0 aliphatic heterocycles. The third kappa shape index (κ3) is 3.38.